The molecule has 7 heteroatoms. The van der Waals surface area contributed by atoms with Crippen molar-refractivity contribution in [2.24, 2.45) is 7.05 Å². The highest BCUT2D eigenvalue weighted by Crippen LogP contribution is 2.35. The van der Waals surface area contributed by atoms with E-state index in [1.54, 1.807) is 0 Å². The second-order valence-electron chi connectivity index (χ2n) is 7.93. The van der Waals surface area contributed by atoms with Crippen molar-refractivity contribution in [3.05, 3.63) is 51.3 Å². The van der Waals surface area contributed by atoms with Crippen LogP contribution in [0.5, 0.6) is 0 Å². The van der Waals surface area contributed by atoms with Gasteiger partial charge < -0.3 is 14.5 Å². The summed E-state index contributed by atoms with van der Waals surface area (Å²) in [6, 6.07) is 1.82. The van der Waals surface area contributed by atoms with E-state index in [9.17, 15) is 13.2 Å². The number of hydrogen-bond donors (Lipinski definition) is 1. The Labute approximate surface area is 156 Å². The van der Waals surface area contributed by atoms with Crippen LogP contribution >= 0.6 is 12.2 Å². The minimum Gasteiger partial charge on any atom is -0.324 e. The molecular formula is C19H24F3N3S. The first-order valence-corrected chi connectivity index (χ1v) is 9.16. The molecule has 1 atom stereocenters. The minimum absolute atomic E-state index is 0.00856. The number of rotatable bonds is 4. The summed E-state index contributed by atoms with van der Waals surface area (Å²) in [6.45, 7) is 7.44. The molecule has 1 N–H and O–H groups in total. The quantitative estimate of drug-likeness (QED) is 0.630. The van der Waals surface area contributed by atoms with E-state index in [0.717, 1.165) is 36.5 Å². The molecule has 0 radical (unpaired) electrons. The summed E-state index contributed by atoms with van der Waals surface area (Å²) in [6.07, 6.45) is 1.22. The molecule has 1 unspecified atom stereocenters. The third-order valence-corrected chi connectivity index (χ3v) is 5.42. The molecule has 0 amide bonds. The second kappa shape index (κ2) is 6.85. The summed E-state index contributed by atoms with van der Waals surface area (Å²) < 4.78 is 46.5. The van der Waals surface area contributed by atoms with Gasteiger partial charge in [-0.1, -0.05) is 0 Å². The third kappa shape index (κ3) is 3.47. The SMILES string of the molecule is Cn1c(CCNC(C)(C)C)c2n(c1=S)CC(c1c(F)ccc(F)c1F)C2. The number of nitrogens with zero attached hydrogens (tertiary/aromatic N) is 2. The lowest BCUT2D eigenvalue weighted by Gasteiger charge is -2.20. The molecule has 1 aliphatic heterocycles. The molecule has 0 spiro atoms. The van der Waals surface area contributed by atoms with Crippen LogP contribution in [0.1, 0.15) is 43.6 Å². The van der Waals surface area contributed by atoms with Gasteiger partial charge in [-0.2, -0.15) is 0 Å². The highest BCUT2D eigenvalue weighted by molar-refractivity contribution is 7.71. The Bertz CT molecular complexity index is 893. The Balaban J connectivity index is 1.89. The normalized spacial score (nSPS) is 17.0. The van der Waals surface area contributed by atoms with Crippen molar-refractivity contribution in [1.29, 1.82) is 0 Å². The van der Waals surface area contributed by atoms with Gasteiger partial charge in [-0.05, 0) is 51.5 Å². The largest absolute Gasteiger partial charge is 0.324 e. The van der Waals surface area contributed by atoms with Gasteiger partial charge in [0.1, 0.15) is 5.82 Å². The van der Waals surface area contributed by atoms with Crippen molar-refractivity contribution in [3.8, 4) is 0 Å². The van der Waals surface area contributed by atoms with Crippen molar-refractivity contribution in [2.75, 3.05) is 6.54 Å². The maximum Gasteiger partial charge on any atom is 0.179 e. The zero-order valence-electron chi connectivity index (χ0n) is 15.5. The van der Waals surface area contributed by atoms with Crippen molar-refractivity contribution in [3.63, 3.8) is 0 Å². The van der Waals surface area contributed by atoms with Crippen LogP contribution in [0.4, 0.5) is 13.2 Å². The Morgan fingerprint density at radius 3 is 2.50 bits per heavy atom. The van der Waals surface area contributed by atoms with Gasteiger partial charge in [-0.15, -0.1) is 0 Å². The predicted octanol–water partition coefficient (Wildman–Crippen LogP) is 4.24. The highest BCUT2D eigenvalue weighted by atomic mass is 32.1. The number of halogens is 3. The van der Waals surface area contributed by atoms with E-state index >= 15 is 0 Å². The Morgan fingerprint density at radius 1 is 1.19 bits per heavy atom. The summed E-state index contributed by atoms with van der Waals surface area (Å²) in [5, 5.41) is 3.44. The predicted molar refractivity (Wildman–Crippen MR) is 98.5 cm³/mol. The van der Waals surface area contributed by atoms with E-state index < -0.39 is 23.4 Å². The van der Waals surface area contributed by atoms with Gasteiger partial charge in [0.05, 0.1) is 0 Å². The van der Waals surface area contributed by atoms with Crippen LogP contribution < -0.4 is 5.32 Å². The van der Waals surface area contributed by atoms with Crippen LogP contribution in [-0.2, 0) is 26.4 Å². The zero-order chi connectivity index (χ0) is 19.2. The molecule has 142 valence electrons. The van der Waals surface area contributed by atoms with Crippen LogP contribution in [0.15, 0.2) is 12.1 Å². The van der Waals surface area contributed by atoms with Crippen LogP contribution in [-0.4, -0.2) is 21.2 Å². The number of fused-ring (bicyclic) bond motifs is 1. The summed E-state index contributed by atoms with van der Waals surface area (Å²) >= 11 is 5.50. The molecule has 3 nitrogen and oxygen atoms in total. The zero-order valence-corrected chi connectivity index (χ0v) is 16.3. The first-order valence-electron chi connectivity index (χ1n) is 8.76. The lowest BCUT2D eigenvalue weighted by Crippen LogP contribution is -2.37. The van der Waals surface area contributed by atoms with Crippen molar-refractivity contribution < 1.29 is 13.2 Å². The number of imidazole rings is 1. The van der Waals surface area contributed by atoms with Gasteiger partial charge in [-0.25, -0.2) is 13.2 Å². The van der Waals surface area contributed by atoms with E-state index in [4.69, 9.17) is 12.2 Å². The number of hydrogen-bond acceptors (Lipinski definition) is 2. The molecule has 0 saturated heterocycles. The van der Waals surface area contributed by atoms with E-state index in [2.05, 4.69) is 26.1 Å². The lowest BCUT2D eigenvalue weighted by molar-refractivity contribution is 0.426. The van der Waals surface area contributed by atoms with Crippen LogP contribution in [0.25, 0.3) is 0 Å². The molecule has 26 heavy (non-hydrogen) atoms. The number of nitrogens with one attached hydrogen (secondary N) is 1. The Kier molecular flexibility index (Phi) is 5.05. The van der Waals surface area contributed by atoms with Crippen molar-refractivity contribution in [2.45, 2.75) is 51.6 Å². The molecule has 3 rings (SSSR count). The van der Waals surface area contributed by atoms with Gasteiger partial charge in [0.15, 0.2) is 16.4 Å². The molecule has 2 heterocycles. The third-order valence-electron chi connectivity index (χ3n) is 4.93. The fourth-order valence-electron chi connectivity index (χ4n) is 3.67. The molecule has 1 aliphatic rings. The second-order valence-corrected chi connectivity index (χ2v) is 8.30. The fraction of sp³-hybridized carbons (Fsp3) is 0.526. The topological polar surface area (TPSA) is 21.9 Å². The molecule has 0 aliphatic carbocycles. The Hall–Kier alpha value is -1.60. The van der Waals surface area contributed by atoms with Gasteiger partial charge in [-0.3, -0.25) is 0 Å². The van der Waals surface area contributed by atoms with Gasteiger partial charge in [0, 0.05) is 55.0 Å². The molecule has 0 saturated carbocycles. The molecule has 0 fully saturated rings. The summed E-state index contributed by atoms with van der Waals surface area (Å²) in [5.41, 5.74) is 1.88. The first kappa shape index (κ1) is 19.2. The molecule has 1 aromatic heterocycles. The average Bonchev–Trinajstić information content (AvgIpc) is 3.05. The standard InChI is InChI=1S/C19H24F3N3S/c1-19(2,3)23-8-7-14-15-9-11(10-25(15)18(26)24(14)4)16-12(20)5-6-13(21)17(16)22/h5-6,11,23H,7-10H2,1-4H3. The average molecular weight is 383 g/mol. The lowest BCUT2D eigenvalue weighted by atomic mass is 9.95. The van der Waals surface area contributed by atoms with E-state index in [1.807, 2.05) is 16.2 Å². The summed E-state index contributed by atoms with van der Waals surface area (Å²) in [7, 11) is 1.92. The van der Waals surface area contributed by atoms with Crippen LogP contribution in [0, 0.1) is 22.2 Å². The van der Waals surface area contributed by atoms with E-state index in [-0.39, 0.29) is 11.1 Å². The number of aromatic nitrogens is 2. The minimum atomic E-state index is -1.09. The number of benzene rings is 1. The fourth-order valence-corrected chi connectivity index (χ4v) is 3.97. The van der Waals surface area contributed by atoms with E-state index in [0.29, 0.717) is 17.7 Å². The van der Waals surface area contributed by atoms with Gasteiger partial charge in [0.25, 0.3) is 0 Å². The van der Waals surface area contributed by atoms with Gasteiger partial charge in [0.2, 0.25) is 0 Å². The van der Waals surface area contributed by atoms with Gasteiger partial charge >= 0.3 is 0 Å². The van der Waals surface area contributed by atoms with E-state index in [1.165, 1.54) is 0 Å². The smallest absolute Gasteiger partial charge is 0.179 e. The summed E-state index contributed by atoms with van der Waals surface area (Å²) in [5.74, 6) is -3.26. The van der Waals surface area contributed by atoms with Crippen molar-refractivity contribution >= 4 is 12.2 Å². The monoisotopic (exact) mass is 383 g/mol. The molecule has 0 bridgehead atoms. The molecule has 1 aromatic carbocycles. The molecular weight excluding hydrogens is 359 g/mol. The summed E-state index contributed by atoms with van der Waals surface area (Å²) in [4.78, 5) is 0. The van der Waals surface area contributed by atoms with Crippen molar-refractivity contribution in [1.82, 2.24) is 14.5 Å². The first-order chi connectivity index (χ1) is 12.1. The Morgan fingerprint density at radius 2 is 1.85 bits per heavy atom. The van der Waals surface area contributed by atoms with Crippen LogP contribution in [0.3, 0.4) is 0 Å². The molecule has 2 aromatic rings. The van der Waals surface area contributed by atoms with Crippen LogP contribution in [0.2, 0.25) is 0 Å². The maximum absolute atomic E-state index is 14.2. The maximum atomic E-state index is 14.2. The highest BCUT2D eigenvalue weighted by Gasteiger charge is 2.32.